The molecule has 0 bridgehead atoms. The summed E-state index contributed by atoms with van der Waals surface area (Å²) in [5.41, 5.74) is 0. The Bertz CT molecular complexity index is 637. The molecular weight excluding hydrogens is 324 g/mol. The summed E-state index contributed by atoms with van der Waals surface area (Å²) in [7, 11) is 5.70. The highest BCUT2D eigenvalue weighted by Crippen LogP contribution is 2.09. The van der Waals surface area contributed by atoms with Crippen LogP contribution in [0.15, 0.2) is 22.5 Å². The molecule has 2 rings (SSSR count). The lowest BCUT2D eigenvalue weighted by Gasteiger charge is -2.22. The molecule has 0 aromatic carbocycles. The Labute approximate surface area is 147 Å². The summed E-state index contributed by atoms with van der Waals surface area (Å²) in [4.78, 5) is 8.21. The van der Waals surface area contributed by atoms with Gasteiger partial charge in [0.2, 0.25) is 0 Å². The second-order valence-corrected chi connectivity index (χ2v) is 6.57. The number of hydrogen-bond acceptors (Lipinski definition) is 5. The summed E-state index contributed by atoms with van der Waals surface area (Å²) in [6.45, 7) is 4.69. The minimum absolute atomic E-state index is 0.496. The molecule has 2 aromatic heterocycles. The smallest absolute Gasteiger partial charge is 0.194 e. The van der Waals surface area contributed by atoms with Gasteiger partial charge < -0.3 is 19.5 Å². The van der Waals surface area contributed by atoms with E-state index in [2.05, 4.69) is 37.9 Å². The average Bonchev–Trinajstić information content (AvgIpc) is 3.20. The van der Waals surface area contributed by atoms with Gasteiger partial charge in [-0.15, -0.1) is 21.5 Å². The normalized spacial score (nSPS) is 11.8. The van der Waals surface area contributed by atoms with Crippen LogP contribution in [0.25, 0.3) is 0 Å². The van der Waals surface area contributed by atoms with Gasteiger partial charge in [0.05, 0.1) is 6.61 Å². The zero-order valence-corrected chi connectivity index (χ0v) is 15.6. The lowest BCUT2D eigenvalue weighted by Crippen LogP contribution is -2.41. The van der Waals surface area contributed by atoms with Crippen molar-refractivity contribution in [2.45, 2.75) is 19.9 Å². The summed E-state index contributed by atoms with van der Waals surface area (Å²) in [5.74, 6) is 2.59. The van der Waals surface area contributed by atoms with Crippen LogP contribution in [-0.4, -0.2) is 59.5 Å². The fourth-order valence-corrected chi connectivity index (χ4v) is 2.85. The van der Waals surface area contributed by atoms with E-state index in [0.29, 0.717) is 13.2 Å². The molecule has 0 saturated heterocycles. The molecule has 0 saturated carbocycles. The van der Waals surface area contributed by atoms with Crippen molar-refractivity contribution in [1.82, 2.24) is 25.0 Å². The van der Waals surface area contributed by atoms with Crippen LogP contribution in [0.3, 0.4) is 0 Å². The minimum Gasteiger partial charge on any atom is -0.383 e. The van der Waals surface area contributed by atoms with Crippen molar-refractivity contribution >= 4 is 17.3 Å². The number of likely N-dealkylation sites (N-methyl/N-ethyl adjacent to an activating group) is 1. The van der Waals surface area contributed by atoms with Crippen molar-refractivity contribution in [3.63, 3.8) is 0 Å². The third-order valence-electron chi connectivity index (χ3n) is 3.78. The number of nitrogens with zero attached hydrogens (tertiary/aromatic N) is 5. The fraction of sp³-hybridized carbons (Fsp3) is 0.562. The fourth-order valence-electron chi connectivity index (χ4n) is 2.15. The van der Waals surface area contributed by atoms with Crippen LogP contribution < -0.4 is 5.32 Å². The number of aliphatic imine (C=N–C) groups is 1. The Hall–Kier alpha value is -1.93. The standard InChI is InChI=1S/C16H26N6OS/c1-13-19-20-15(22(13)3)12-18-16(17-8-10-23-4)21(2)9-7-14-6-5-11-24-14/h5-6,11H,7-10,12H2,1-4H3,(H,17,18). The highest BCUT2D eigenvalue weighted by Gasteiger charge is 2.09. The molecule has 0 amide bonds. The maximum atomic E-state index is 5.12. The van der Waals surface area contributed by atoms with Gasteiger partial charge in [-0.05, 0) is 24.8 Å². The molecule has 1 N–H and O–H groups in total. The van der Waals surface area contributed by atoms with Crippen molar-refractivity contribution in [2.24, 2.45) is 12.0 Å². The second-order valence-electron chi connectivity index (χ2n) is 5.53. The SMILES string of the molecule is COCCNC(=NCc1nnc(C)n1C)N(C)CCc1cccs1. The van der Waals surface area contributed by atoms with Crippen LogP contribution in [0.5, 0.6) is 0 Å². The number of thiophene rings is 1. The van der Waals surface area contributed by atoms with Gasteiger partial charge in [0.25, 0.3) is 0 Å². The van der Waals surface area contributed by atoms with Gasteiger partial charge >= 0.3 is 0 Å². The Balaban J connectivity index is 1.98. The number of nitrogens with one attached hydrogen (secondary N) is 1. The second kappa shape index (κ2) is 9.39. The van der Waals surface area contributed by atoms with Crippen molar-refractivity contribution in [1.29, 1.82) is 0 Å². The van der Waals surface area contributed by atoms with E-state index in [-0.39, 0.29) is 0 Å². The first-order valence-electron chi connectivity index (χ1n) is 7.97. The molecular formula is C16H26N6OS. The monoisotopic (exact) mass is 350 g/mol. The molecule has 2 aromatic rings. The molecule has 7 nitrogen and oxygen atoms in total. The quantitative estimate of drug-likeness (QED) is 0.443. The molecule has 0 aliphatic carbocycles. The maximum Gasteiger partial charge on any atom is 0.194 e. The molecule has 0 spiro atoms. The summed E-state index contributed by atoms with van der Waals surface area (Å²) in [6.07, 6.45) is 1.00. The number of ether oxygens (including phenoxy) is 1. The predicted molar refractivity (Wildman–Crippen MR) is 97.4 cm³/mol. The van der Waals surface area contributed by atoms with Gasteiger partial charge in [0, 0.05) is 39.2 Å². The molecule has 0 aliphatic heterocycles. The summed E-state index contributed by atoms with van der Waals surface area (Å²) < 4.78 is 7.08. The summed E-state index contributed by atoms with van der Waals surface area (Å²) >= 11 is 1.78. The maximum absolute atomic E-state index is 5.12. The van der Waals surface area contributed by atoms with Gasteiger partial charge in [-0.1, -0.05) is 6.07 Å². The van der Waals surface area contributed by atoms with E-state index in [1.807, 2.05) is 25.6 Å². The first kappa shape index (κ1) is 18.4. The molecule has 0 atom stereocenters. The Morgan fingerprint density at radius 1 is 1.46 bits per heavy atom. The number of aromatic nitrogens is 3. The number of guanidine groups is 1. The molecule has 0 aliphatic rings. The summed E-state index contributed by atoms with van der Waals surface area (Å²) in [5, 5.41) is 13.7. The largest absolute Gasteiger partial charge is 0.383 e. The highest BCUT2D eigenvalue weighted by atomic mass is 32.1. The van der Waals surface area contributed by atoms with Crippen LogP contribution in [0.4, 0.5) is 0 Å². The average molecular weight is 350 g/mol. The Morgan fingerprint density at radius 2 is 2.29 bits per heavy atom. The lowest BCUT2D eigenvalue weighted by atomic mass is 10.3. The van der Waals surface area contributed by atoms with E-state index in [4.69, 9.17) is 9.73 Å². The molecule has 0 fully saturated rings. The molecule has 0 radical (unpaired) electrons. The number of rotatable bonds is 8. The van der Waals surface area contributed by atoms with E-state index in [1.165, 1.54) is 4.88 Å². The van der Waals surface area contributed by atoms with Gasteiger partial charge in [-0.25, -0.2) is 4.99 Å². The lowest BCUT2D eigenvalue weighted by molar-refractivity contribution is 0.203. The van der Waals surface area contributed by atoms with E-state index >= 15 is 0 Å². The molecule has 24 heavy (non-hydrogen) atoms. The molecule has 0 unspecified atom stereocenters. The third-order valence-corrected chi connectivity index (χ3v) is 4.71. The zero-order valence-electron chi connectivity index (χ0n) is 14.8. The van der Waals surface area contributed by atoms with Crippen molar-refractivity contribution < 1.29 is 4.74 Å². The topological polar surface area (TPSA) is 67.6 Å². The minimum atomic E-state index is 0.496. The van der Waals surface area contributed by atoms with Crippen LogP contribution in [0.2, 0.25) is 0 Å². The molecule has 2 heterocycles. The first-order chi connectivity index (χ1) is 11.6. The molecule has 8 heteroatoms. The Morgan fingerprint density at radius 3 is 2.92 bits per heavy atom. The van der Waals surface area contributed by atoms with Crippen LogP contribution in [0.1, 0.15) is 16.5 Å². The number of methoxy groups -OCH3 is 1. The third kappa shape index (κ3) is 5.31. The zero-order chi connectivity index (χ0) is 17.4. The number of aryl methyl sites for hydroxylation is 1. The van der Waals surface area contributed by atoms with Crippen LogP contribution in [-0.2, 0) is 24.8 Å². The summed E-state index contributed by atoms with van der Waals surface area (Å²) in [6, 6.07) is 4.25. The van der Waals surface area contributed by atoms with Crippen LogP contribution >= 0.6 is 11.3 Å². The van der Waals surface area contributed by atoms with E-state index in [9.17, 15) is 0 Å². The van der Waals surface area contributed by atoms with Gasteiger partial charge in [-0.2, -0.15) is 0 Å². The van der Waals surface area contributed by atoms with Crippen molar-refractivity contribution in [3.05, 3.63) is 34.0 Å². The number of hydrogen-bond donors (Lipinski definition) is 1. The predicted octanol–water partition coefficient (Wildman–Crippen LogP) is 1.45. The highest BCUT2D eigenvalue weighted by molar-refractivity contribution is 7.09. The van der Waals surface area contributed by atoms with E-state index in [0.717, 1.165) is 37.1 Å². The van der Waals surface area contributed by atoms with Crippen LogP contribution in [0, 0.1) is 6.92 Å². The van der Waals surface area contributed by atoms with Gasteiger partial charge in [0.1, 0.15) is 12.4 Å². The molecule has 132 valence electrons. The first-order valence-corrected chi connectivity index (χ1v) is 8.85. The van der Waals surface area contributed by atoms with Crippen molar-refractivity contribution in [3.8, 4) is 0 Å². The van der Waals surface area contributed by atoms with Gasteiger partial charge in [-0.3, -0.25) is 0 Å². The van der Waals surface area contributed by atoms with E-state index < -0.39 is 0 Å². The van der Waals surface area contributed by atoms with E-state index in [1.54, 1.807) is 18.4 Å². The van der Waals surface area contributed by atoms with Gasteiger partial charge in [0.15, 0.2) is 11.8 Å². The Kier molecular flexibility index (Phi) is 7.20. The van der Waals surface area contributed by atoms with Crippen molar-refractivity contribution in [2.75, 3.05) is 33.9 Å².